The average Bonchev–Trinajstić information content (AvgIpc) is 3.13. The van der Waals surface area contributed by atoms with Gasteiger partial charge >= 0.3 is 0 Å². The van der Waals surface area contributed by atoms with Gasteiger partial charge in [0.25, 0.3) is 0 Å². The van der Waals surface area contributed by atoms with Crippen LogP contribution in [0.2, 0.25) is 0 Å². The topological polar surface area (TPSA) is 46.7 Å². The van der Waals surface area contributed by atoms with Gasteiger partial charge in [0.15, 0.2) is 5.78 Å². The lowest BCUT2D eigenvalue weighted by Gasteiger charge is -2.53. The number of fused-ring (bicyclic) bond motifs is 4. The number of hydrogen-bond acceptors (Lipinski definition) is 3. The zero-order valence-electron chi connectivity index (χ0n) is 12.8. The number of epoxide rings is 1. The highest BCUT2D eigenvalue weighted by atomic mass is 16.6. The summed E-state index contributed by atoms with van der Waals surface area (Å²) >= 11 is 0. The van der Waals surface area contributed by atoms with Crippen molar-refractivity contribution in [2.45, 2.75) is 70.0 Å². The maximum absolute atomic E-state index is 12.3. The molecule has 0 N–H and O–H groups in total. The fourth-order valence-corrected chi connectivity index (χ4v) is 6.83. The summed E-state index contributed by atoms with van der Waals surface area (Å²) in [5.41, 5.74) is -0.0905. The van der Waals surface area contributed by atoms with Crippen LogP contribution in [0.5, 0.6) is 0 Å². The predicted molar refractivity (Wildman–Crippen MR) is 76.6 cm³/mol. The van der Waals surface area contributed by atoms with Crippen LogP contribution in [-0.2, 0) is 14.3 Å². The fraction of sp³-hybridized carbons (Fsp3) is 0.889. The Labute approximate surface area is 125 Å². The van der Waals surface area contributed by atoms with Gasteiger partial charge in [-0.25, -0.2) is 0 Å². The van der Waals surface area contributed by atoms with Crippen LogP contribution in [0.3, 0.4) is 0 Å². The fourth-order valence-electron chi connectivity index (χ4n) is 6.83. The molecule has 1 spiro atoms. The van der Waals surface area contributed by atoms with Gasteiger partial charge in [0.05, 0.1) is 0 Å². The first-order valence-electron chi connectivity index (χ1n) is 8.80. The van der Waals surface area contributed by atoms with E-state index in [1.165, 1.54) is 12.8 Å². The Morgan fingerprint density at radius 1 is 0.952 bits per heavy atom. The molecule has 5 rings (SSSR count). The Kier molecular flexibility index (Phi) is 2.31. The van der Waals surface area contributed by atoms with Crippen molar-refractivity contribution < 1.29 is 14.3 Å². The monoisotopic (exact) mass is 288 g/mol. The first kappa shape index (κ1) is 12.8. The third-order valence-corrected chi connectivity index (χ3v) is 7.93. The van der Waals surface area contributed by atoms with Crippen LogP contribution in [0.25, 0.3) is 0 Å². The summed E-state index contributed by atoms with van der Waals surface area (Å²) in [6.07, 6.45) is 8.11. The van der Waals surface area contributed by atoms with E-state index in [1.54, 1.807) is 0 Å². The molecule has 5 fully saturated rings. The molecule has 0 aromatic carbocycles. The summed E-state index contributed by atoms with van der Waals surface area (Å²) in [4.78, 5) is 24.3. The van der Waals surface area contributed by atoms with Crippen molar-refractivity contribution in [2.24, 2.45) is 29.1 Å². The highest BCUT2D eigenvalue weighted by Gasteiger charge is 2.71. The molecule has 0 aromatic rings. The van der Waals surface area contributed by atoms with Gasteiger partial charge in [0.1, 0.15) is 17.5 Å². The van der Waals surface area contributed by atoms with E-state index >= 15 is 0 Å². The van der Waals surface area contributed by atoms with Gasteiger partial charge in [-0.2, -0.15) is 0 Å². The smallest absolute Gasteiger partial charge is 0.164 e. The van der Waals surface area contributed by atoms with Crippen LogP contribution >= 0.6 is 0 Å². The minimum Gasteiger partial charge on any atom is -0.357 e. The van der Waals surface area contributed by atoms with Crippen molar-refractivity contribution in [1.29, 1.82) is 0 Å². The molecule has 0 bridgehead atoms. The molecule has 1 heterocycles. The lowest BCUT2D eigenvalue weighted by molar-refractivity contribution is -0.133. The summed E-state index contributed by atoms with van der Waals surface area (Å²) in [7, 11) is 0. The van der Waals surface area contributed by atoms with E-state index in [1.807, 2.05) is 0 Å². The Morgan fingerprint density at radius 2 is 1.67 bits per heavy atom. The van der Waals surface area contributed by atoms with E-state index in [0.29, 0.717) is 35.2 Å². The Balaban J connectivity index is 1.47. The molecule has 1 saturated heterocycles. The van der Waals surface area contributed by atoms with Gasteiger partial charge < -0.3 is 4.74 Å². The lowest BCUT2D eigenvalue weighted by Crippen LogP contribution is -2.52. The second-order valence-electron chi connectivity index (χ2n) is 8.46. The standard InChI is InChI=1S/C18H24O3/c1-17-8-6-11-10(12(17)3-5-15(17)20)7-9-18-13(11)2-4-14(19)16(18)21-18/h10-13,16H,2-9H2,1H3/t10?,11?,12?,13?,16?,17-,18?/m0/s1. The number of hydrogen-bond donors (Lipinski definition) is 0. The molecule has 4 aliphatic carbocycles. The molecule has 21 heavy (non-hydrogen) atoms. The van der Waals surface area contributed by atoms with E-state index in [0.717, 1.165) is 38.5 Å². The minimum absolute atomic E-state index is 0.0278. The van der Waals surface area contributed by atoms with Crippen molar-refractivity contribution in [3.63, 3.8) is 0 Å². The van der Waals surface area contributed by atoms with E-state index in [4.69, 9.17) is 4.74 Å². The molecule has 3 heteroatoms. The molecule has 0 aromatic heterocycles. The first-order chi connectivity index (χ1) is 10.1. The van der Waals surface area contributed by atoms with Crippen molar-refractivity contribution >= 4 is 11.6 Å². The summed E-state index contributed by atoms with van der Waals surface area (Å²) < 4.78 is 5.97. The van der Waals surface area contributed by atoms with E-state index in [2.05, 4.69) is 6.92 Å². The number of carbonyl (C=O) groups is 2. The number of carbonyl (C=O) groups excluding carboxylic acids is 2. The van der Waals surface area contributed by atoms with Crippen LogP contribution in [0.4, 0.5) is 0 Å². The van der Waals surface area contributed by atoms with E-state index in [9.17, 15) is 9.59 Å². The number of ether oxygens (including phenoxy) is 1. The molecule has 4 saturated carbocycles. The summed E-state index contributed by atoms with van der Waals surface area (Å²) in [6, 6.07) is 0. The van der Waals surface area contributed by atoms with Gasteiger partial charge in [-0.3, -0.25) is 9.59 Å². The van der Waals surface area contributed by atoms with Gasteiger partial charge in [-0.05, 0) is 62.2 Å². The van der Waals surface area contributed by atoms with Gasteiger partial charge in [-0.1, -0.05) is 6.92 Å². The Hall–Kier alpha value is -0.700. The average molecular weight is 288 g/mol. The van der Waals surface area contributed by atoms with Gasteiger partial charge in [-0.15, -0.1) is 0 Å². The summed E-state index contributed by atoms with van der Waals surface area (Å²) in [5.74, 6) is 3.49. The van der Waals surface area contributed by atoms with Crippen molar-refractivity contribution in [3.05, 3.63) is 0 Å². The molecule has 0 amide bonds. The van der Waals surface area contributed by atoms with Crippen LogP contribution in [0.15, 0.2) is 0 Å². The molecular formula is C18H24O3. The third-order valence-electron chi connectivity index (χ3n) is 7.93. The Bertz CT molecular complexity index is 541. The summed E-state index contributed by atoms with van der Waals surface area (Å²) in [5, 5.41) is 0. The maximum Gasteiger partial charge on any atom is 0.164 e. The van der Waals surface area contributed by atoms with Crippen molar-refractivity contribution in [1.82, 2.24) is 0 Å². The Morgan fingerprint density at radius 3 is 2.52 bits per heavy atom. The second-order valence-corrected chi connectivity index (χ2v) is 8.46. The van der Waals surface area contributed by atoms with Gasteiger partial charge in [0.2, 0.25) is 0 Å². The second kappa shape index (κ2) is 3.79. The van der Waals surface area contributed by atoms with Crippen LogP contribution < -0.4 is 0 Å². The van der Waals surface area contributed by atoms with E-state index in [-0.39, 0.29) is 17.1 Å². The zero-order valence-corrected chi connectivity index (χ0v) is 12.8. The largest absolute Gasteiger partial charge is 0.357 e. The zero-order chi connectivity index (χ0) is 14.4. The molecule has 6 unspecified atom stereocenters. The molecule has 5 aliphatic rings. The lowest BCUT2D eigenvalue weighted by atomic mass is 9.50. The third kappa shape index (κ3) is 1.40. The van der Waals surface area contributed by atoms with Crippen LogP contribution in [0, 0.1) is 29.1 Å². The normalized spacial score (nSPS) is 58.0. The first-order valence-corrected chi connectivity index (χ1v) is 8.80. The van der Waals surface area contributed by atoms with Crippen molar-refractivity contribution in [3.8, 4) is 0 Å². The predicted octanol–water partition coefficient (Wildman–Crippen LogP) is 2.91. The molecule has 7 atom stereocenters. The highest BCUT2D eigenvalue weighted by molar-refractivity contribution is 5.88. The molecule has 1 aliphatic heterocycles. The molecular weight excluding hydrogens is 264 g/mol. The quantitative estimate of drug-likeness (QED) is 0.644. The number of ketones is 2. The SMILES string of the molecule is C[C@]12CCC3C(CCC45OC4C(=O)CCC35)C1CCC2=O. The van der Waals surface area contributed by atoms with Crippen molar-refractivity contribution in [2.75, 3.05) is 0 Å². The van der Waals surface area contributed by atoms with Crippen LogP contribution in [0.1, 0.15) is 58.3 Å². The van der Waals surface area contributed by atoms with E-state index < -0.39 is 0 Å². The van der Waals surface area contributed by atoms with Crippen LogP contribution in [-0.4, -0.2) is 23.3 Å². The molecule has 3 nitrogen and oxygen atoms in total. The molecule has 114 valence electrons. The maximum atomic E-state index is 12.3. The summed E-state index contributed by atoms with van der Waals surface area (Å²) in [6.45, 7) is 2.23. The number of rotatable bonds is 0. The van der Waals surface area contributed by atoms with Gasteiger partial charge in [0, 0.05) is 18.3 Å². The minimum atomic E-state index is -0.0626. The number of Topliss-reactive ketones (excluding diaryl/α,β-unsaturated/α-hetero) is 2. The molecule has 0 radical (unpaired) electrons. The highest BCUT2D eigenvalue weighted by Crippen LogP contribution is 2.66.